The third-order valence-corrected chi connectivity index (χ3v) is 5.69. The summed E-state index contributed by atoms with van der Waals surface area (Å²) in [6.07, 6.45) is 0. The predicted octanol–water partition coefficient (Wildman–Crippen LogP) is 0.331. The van der Waals surface area contributed by atoms with E-state index < -0.39 is 0 Å². The zero-order valence-corrected chi connectivity index (χ0v) is 6.76. The van der Waals surface area contributed by atoms with Gasteiger partial charge >= 0.3 is 42.8 Å². The second kappa shape index (κ2) is 2.95. The van der Waals surface area contributed by atoms with Crippen LogP contribution < -0.4 is 0 Å². The van der Waals surface area contributed by atoms with E-state index in [1.807, 2.05) is 0 Å². The zero-order chi connectivity index (χ0) is 4.28. The van der Waals surface area contributed by atoms with Gasteiger partial charge in [-0.2, -0.15) is 0 Å². The van der Waals surface area contributed by atoms with Crippen molar-refractivity contribution in [1.82, 2.24) is 0 Å². The molecule has 2 heteroatoms. The molecule has 0 heterocycles. The molecular formula is C3H10SeSi. The van der Waals surface area contributed by atoms with E-state index in [9.17, 15) is 0 Å². The van der Waals surface area contributed by atoms with Crippen molar-refractivity contribution in [3.63, 3.8) is 0 Å². The summed E-state index contributed by atoms with van der Waals surface area (Å²) in [5, 5.41) is 0. The molecule has 0 rings (SSSR count). The first-order valence-corrected chi connectivity index (χ1v) is 6.33. The van der Waals surface area contributed by atoms with Gasteiger partial charge in [-0.1, -0.05) is 0 Å². The average Bonchev–Trinajstić information content (AvgIpc) is 1.38. The van der Waals surface area contributed by atoms with Crippen LogP contribution in [0.4, 0.5) is 0 Å². The molecule has 0 spiro atoms. The van der Waals surface area contributed by atoms with Crippen LogP contribution in [0, 0.1) is 0 Å². The fraction of sp³-hybridized carbons (Fsp3) is 1.00. The summed E-state index contributed by atoms with van der Waals surface area (Å²) in [6.45, 7) is 4.69. The molecular weight excluding hydrogens is 143 g/mol. The molecule has 0 aliphatic carbocycles. The first-order chi connectivity index (χ1) is 2.27. The van der Waals surface area contributed by atoms with Crippen LogP contribution in [0.1, 0.15) is 0 Å². The molecule has 0 amide bonds. The predicted molar refractivity (Wildman–Crippen MR) is 30.8 cm³/mol. The second-order valence-electron chi connectivity index (χ2n) is 1.58. The molecule has 32 valence electrons. The summed E-state index contributed by atoms with van der Waals surface area (Å²) >= 11 is 2.63. The number of hydrogen-bond donors (Lipinski definition) is 0. The van der Waals surface area contributed by atoms with E-state index in [1.54, 1.807) is 0 Å². The van der Waals surface area contributed by atoms with E-state index in [0.29, 0.717) is 0 Å². The minimum atomic E-state index is -0.177. The van der Waals surface area contributed by atoms with Gasteiger partial charge in [0.2, 0.25) is 0 Å². The topological polar surface area (TPSA) is 0 Å². The first kappa shape index (κ1) is 5.74. The third kappa shape index (κ3) is 4.74. The maximum absolute atomic E-state index is 2.63. The zero-order valence-electron chi connectivity index (χ0n) is 3.73. The van der Waals surface area contributed by atoms with Crippen molar-refractivity contribution in [3.8, 4) is 0 Å². The standard InChI is InChI=1S/C3H10SeSi/c1-5(2)3-4/h4-5H,3H2,1-2H3. The van der Waals surface area contributed by atoms with E-state index in [0.717, 1.165) is 0 Å². The molecule has 0 aromatic heterocycles. The van der Waals surface area contributed by atoms with Gasteiger partial charge in [-0.25, -0.2) is 0 Å². The third-order valence-electron chi connectivity index (χ3n) is 0.365. The fourth-order valence-electron chi connectivity index (χ4n) is 0. The van der Waals surface area contributed by atoms with Crippen LogP contribution in [0.25, 0.3) is 0 Å². The molecule has 0 fully saturated rings. The fourth-order valence-corrected chi connectivity index (χ4v) is 0. The number of rotatable bonds is 1. The molecule has 0 aromatic rings. The van der Waals surface area contributed by atoms with Gasteiger partial charge in [-0.05, 0) is 0 Å². The van der Waals surface area contributed by atoms with Gasteiger partial charge in [0.1, 0.15) is 0 Å². The quantitative estimate of drug-likeness (QED) is 0.476. The SMILES string of the molecule is C[SiH](C)C[SeH]. The van der Waals surface area contributed by atoms with E-state index in [-0.39, 0.29) is 8.80 Å². The molecule has 0 aliphatic heterocycles. The van der Waals surface area contributed by atoms with E-state index in [4.69, 9.17) is 0 Å². The maximum atomic E-state index is 2.63. The Bertz CT molecular complexity index is 20.9. The molecule has 0 radical (unpaired) electrons. The summed E-state index contributed by atoms with van der Waals surface area (Å²) in [4.78, 5) is 1.38. The van der Waals surface area contributed by atoms with E-state index >= 15 is 0 Å². The van der Waals surface area contributed by atoms with Gasteiger partial charge < -0.3 is 0 Å². The average molecular weight is 153 g/mol. The van der Waals surface area contributed by atoms with Gasteiger partial charge in [0.15, 0.2) is 0 Å². The van der Waals surface area contributed by atoms with E-state index in [1.165, 1.54) is 4.94 Å². The van der Waals surface area contributed by atoms with Crippen LogP contribution in [0.3, 0.4) is 0 Å². The second-order valence-corrected chi connectivity index (χ2v) is 7.03. The van der Waals surface area contributed by atoms with Crippen LogP contribution in [0.15, 0.2) is 0 Å². The van der Waals surface area contributed by atoms with Crippen molar-refractivity contribution >= 4 is 24.8 Å². The van der Waals surface area contributed by atoms with Crippen LogP contribution in [0.5, 0.6) is 0 Å². The Morgan fingerprint density at radius 2 is 1.80 bits per heavy atom. The summed E-state index contributed by atoms with van der Waals surface area (Å²) < 4.78 is 0. The van der Waals surface area contributed by atoms with Gasteiger partial charge in [-0.15, -0.1) is 0 Å². The molecule has 0 saturated heterocycles. The Morgan fingerprint density at radius 3 is 1.80 bits per heavy atom. The van der Waals surface area contributed by atoms with Crippen LogP contribution >= 0.6 is 0 Å². The van der Waals surface area contributed by atoms with Gasteiger partial charge in [0, 0.05) is 0 Å². The molecule has 0 bridgehead atoms. The van der Waals surface area contributed by atoms with Crippen LogP contribution in [-0.2, 0) is 0 Å². The molecule has 0 nitrogen and oxygen atoms in total. The number of hydrogen-bond acceptors (Lipinski definition) is 0. The summed E-state index contributed by atoms with van der Waals surface area (Å²) in [5.41, 5.74) is 0. The molecule has 0 saturated carbocycles. The summed E-state index contributed by atoms with van der Waals surface area (Å²) in [6, 6.07) is 0. The van der Waals surface area contributed by atoms with Gasteiger partial charge in [0.05, 0.1) is 0 Å². The van der Waals surface area contributed by atoms with Crippen molar-refractivity contribution in [2.75, 3.05) is 0 Å². The monoisotopic (exact) mass is 154 g/mol. The molecule has 5 heavy (non-hydrogen) atoms. The molecule has 0 unspecified atom stereocenters. The van der Waals surface area contributed by atoms with Crippen molar-refractivity contribution in [2.24, 2.45) is 0 Å². The molecule has 0 aliphatic rings. The first-order valence-electron chi connectivity index (χ1n) is 1.88. The van der Waals surface area contributed by atoms with Crippen molar-refractivity contribution < 1.29 is 0 Å². The van der Waals surface area contributed by atoms with Crippen molar-refractivity contribution in [1.29, 1.82) is 0 Å². The van der Waals surface area contributed by atoms with Crippen molar-refractivity contribution in [2.45, 2.75) is 18.0 Å². The van der Waals surface area contributed by atoms with E-state index in [2.05, 4.69) is 29.1 Å². The normalized spacial score (nSPS) is 9.60. The molecule has 0 atom stereocenters. The Labute approximate surface area is 43.4 Å². The minimum absolute atomic E-state index is 0.177. The van der Waals surface area contributed by atoms with Crippen LogP contribution in [-0.4, -0.2) is 24.8 Å². The molecule has 0 aromatic carbocycles. The molecule has 0 N–H and O–H groups in total. The van der Waals surface area contributed by atoms with Gasteiger partial charge in [-0.3, -0.25) is 0 Å². The Kier molecular flexibility index (Phi) is 3.38. The van der Waals surface area contributed by atoms with Crippen LogP contribution in [0.2, 0.25) is 18.0 Å². The van der Waals surface area contributed by atoms with Gasteiger partial charge in [0.25, 0.3) is 0 Å². The Hall–Kier alpha value is 0.736. The summed E-state index contributed by atoms with van der Waals surface area (Å²) in [5.74, 6) is 0. The Morgan fingerprint density at radius 1 is 1.60 bits per heavy atom. The Balaban J connectivity index is 2.54. The summed E-state index contributed by atoms with van der Waals surface area (Å²) in [7, 11) is -0.177. The van der Waals surface area contributed by atoms with Crippen molar-refractivity contribution in [3.05, 3.63) is 0 Å².